The summed E-state index contributed by atoms with van der Waals surface area (Å²) >= 11 is 6.01. The Morgan fingerprint density at radius 1 is 1.30 bits per heavy atom. The van der Waals surface area contributed by atoms with Crippen LogP contribution < -0.4 is 16.0 Å². The Morgan fingerprint density at radius 3 is 2.87 bits per heavy atom. The molecule has 6 heteroatoms. The molecule has 1 aliphatic heterocycles. The van der Waals surface area contributed by atoms with Gasteiger partial charge in [-0.15, -0.1) is 0 Å². The molecule has 23 heavy (non-hydrogen) atoms. The zero-order valence-corrected chi connectivity index (χ0v) is 14.3. The monoisotopic (exact) mass is 331 g/mol. The number of nitrogens with two attached hydrogens (primary N) is 1. The normalized spacial score (nSPS) is 18.0. The number of hydrogen-bond donors (Lipinski definition) is 2. The Morgan fingerprint density at radius 2 is 2.13 bits per heavy atom. The molecule has 0 saturated carbocycles. The van der Waals surface area contributed by atoms with Crippen LogP contribution in [0.2, 0.25) is 5.02 Å². The number of aryl methyl sites for hydroxylation is 1. The SMILES string of the molecule is Cc1cc(Cl)ccc1Nc1ncnc(N2CCCCC2C)c1N. The third kappa shape index (κ3) is 3.34. The molecular formula is C17H22ClN5. The topological polar surface area (TPSA) is 67.1 Å². The average molecular weight is 332 g/mol. The van der Waals surface area contributed by atoms with Gasteiger partial charge >= 0.3 is 0 Å². The fourth-order valence-corrected chi connectivity index (χ4v) is 3.25. The van der Waals surface area contributed by atoms with E-state index in [9.17, 15) is 0 Å². The van der Waals surface area contributed by atoms with Crippen molar-refractivity contribution >= 4 is 34.6 Å². The van der Waals surface area contributed by atoms with E-state index in [1.54, 1.807) is 6.33 Å². The molecule has 1 fully saturated rings. The first-order chi connectivity index (χ1) is 11.1. The number of rotatable bonds is 3. The molecule has 3 rings (SSSR count). The van der Waals surface area contributed by atoms with Crippen LogP contribution in [-0.4, -0.2) is 22.6 Å². The van der Waals surface area contributed by atoms with Gasteiger partial charge in [-0.05, 0) is 56.9 Å². The van der Waals surface area contributed by atoms with E-state index in [2.05, 4.69) is 27.1 Å². The summed E-state index contributed by atoms with van der Waals surface area (Å²) in [5.74, 6) is 1.46. The summed E-state index contributed by atoms with van der Waals surface area (Å²) in [5, 5.41) is 4.01. The Labute approximate surface area is 141 Å². The largest absolute Gasteiger partial charge is 0.393 e. The molecule has 0 aliphatic carbocycles. The standard InChI is InChI=1S/C17H22ClN5/c1-11-9-13(18)6-7-14(11)22-16-15(19)17(21-10-20-16)23-8-4-3-5-12(23)2/h6-7,9-10,12H,3-5,8,19H2,1-2H3,(H,20,21,22). The maximum Gasteiger partial charge on any atom is 0.159 e. The van der Waals surface area contributed by atoms with E-state index >= 15 is 0 Å². The summed E-state index contributed by atoms with van der Waals surface area (Å²) in [7, 11) is 0. The lowest BCUT2D eigenvalue weighted by Gasteiger charge is -2.35. The van der Waals surface area contributed by atoms with Gasteiger partial charge in [0.05, 0.1) is 0 Å². The van der Waals surface area contributed by atoms with Gasteiger partial charge in [-0.3, -0.25) is 0 Å². The van der Waals surface area contributed by atoms with Gasteiger partial charge in [-0.2, -0.15) is 0 Å². The molecule has 1 atom stereocenters. The number of nitrogens with zero attached hydrogens (tertiary/aromatic N) is 3. The summed E-state index contributed by atoms with van der Waals surface area (Å²) in [6, 6.07) is 6.14. The summed E-state index contributed by atoms with van der Waals surface area (Å²) in [4.78, 5) is 11.0. The van der Waals surface area contributed by atoms with Gasteiger partial charge in [0.1, 0.15) is 12.0 Å². The first kappa shape index (κ1) is 15.9. The fraction of sp³-hybridized carbons (Fsp3) is 0.412. The predicted octanol–water partition coefficient (Wildman–Crippen LogP) is 4.14. The van der Waals surface area contributed by atoms with Crippen LogP contribution in [0.1, 0.15) is 31.7 Å². The third-order valence-corrected chi connectivity index (χ3v) is 4.61. The van der Waals surface area contributed by atoms with Crippen LogP contribution in [0.3, 0.4) is 0 Å². The summed E-state index contributed by atoms with van der Waals surface area (Å²) < 4.78 is 0. The molecule has 1 aromatic carbocycles. The number of anilines is 4. The second kappa shape index (κ2) is 6.62. The lowest BCUT2D eigenvalue weighted by molar-refractivity contribution is 0.481. The van der Waals surface area contributed by atoms with Crippen molar-refractivity contribution in [3.63, 3.8) is 0 Å². The molecule has 0 radical (unpaired) electrons. The maximum atomic E-state index is 6.35. The Balaban J connectivity index is 1.90. The number of aromatic nitrogens is 2. The maximum absolute atomic E-state index is 6.35. The highest BCUT2D eigenvalue weighted by Crippen LogP contribution is 2.33. The molecule has 1 aromatic heterocycles. The molecule has 0 bridgehead atoms. The van der Waals surface area contributed by atoms with Gasteiger partial charge in [0.15, 0.2) is 11.6 Å². The minimum Gasteiger partial charge on any atom is -0.393 e. The molecule has 122 valence electrons. The number of benzene rings is 1. The van der Waals surface area contributed by atoms with Crippen molar-refractivity contribution in [1.29, 1.82) is 0 Å². The van der Waals surface area contributed by atoms with E-state index in [1.165, 1.54) is 19.3 Å². The first-order valence-electron chi connectivity index (χ1n) is 7.96. The van der Waals surface area contributed by atoms with Crippen molar-refractivity contribution in [2.45, 2.75) is 39.2 Å². The number of piperidine rings is 1. The predicted molar refractivity (Wildman–Crippen MR) is 96.6 cm³/mol. The molecule has 5 nitrogen and oxygen atoms in total. The summed E-state index contributed by atoms with van der Waals surface area (Å²) in [6.07, 6.45) is 5.17. The second-order valence-electron chi connectivity index (χ2n) is 6.08. The van der Waals surface area contributed by atoms with Crippen LogP contribution in [0.25, 0.3) is 0 Å². The Bertz CT molecular complexity index is 703. The van der Waals surface area contributed by atoms with Crippen LogP contribution >= 0.6 is 11.6 Å². The lowest BCUT2D eigenvalue weighted by atomic mass is 10.0. The van der Waals surface area contributed by atoms with Gasteiger partial charge in [0.2, 0.25) is 0 Å². The van der Waals surface area contributed by atoms with Crippen LogP contribution in [0.5, 0.6) is 0 Å². The van der Waals surface area contributed by atoms with Crippen molar-refractivity contribution < 1.29 is 0 Å². The van der Waals surface area contributed by atoms with Gasteiger partial charge in [0, 0.05) is 23.3 Å². The van der Waals surface area contributed by atoms with Gasteiger partial charge in [0.25, 0.3) is 0 Å². The van der Waals surface area contributed by atoms with Crippen LogP contribution in [-0.2, 0) is 0 Å². The van der Waals surface area contributed by atoms with E-state index in [0.29, 0.717) is 22.6 Å². The van der Waals surface area contributed by atoms with Crippen LogP contribution in [0, 0.1) is 6.92 Å². The molecule has 0 amide bonds. The highest BCUT2D eigenvalue weighted by Gasteiger charge is 2.23. The molecule has 2 aromatic rings. The number of halogens is 1. The third-order valence-electron chi connectivity index (χ3n) is 4.38. The van der Waals surface area contributed by atoms with E-state index in [4.69, 9.17) is 17.3 Å². The molecular weight excluding hydrogens is 310 g/mol. The van der Waals surface area contributed by atoms with Crippen LogP contribution in [0.15, 0.2) is 24.5 Å². The van der Waals surface area contributed by atoms with Crippen molar-refractivity contribution in [3.8, 4) is 0 Å². The van der Waals surface area contributed by atoms with E-state index in [-0.39, 0.29) is 0 Å². The minimum atomic E-state index is 0.450. The van der Waals surface area contributed by atoms with Crippen LogP contribution in [0.4, 0.5) is 23.0 Å². The Kier molecular flexibility index (Phi) is 4.57. The molecule has 0 spiro atoms. The molecule has 2 heterocycles. The highest BCUT2D eigenvalue weighted by atomic mass is 35.5. The average Bonchev–Trinajstić information content (AvgIpc) is 2.53. The molecule has 1 unspecified atom stereocenters. The van der Waals surface area contributed by atoms with Gasteiger partial charge in [-0.25, -0.2) is 9.97 Å². The minimum absolute atomic E-state index is 0.450. The summed E-state index contributed by atoms with van der Waals surface area (Å²) in [6.45, 7) is 5.21. The zero-order valence-electron chi connectivity index (χ0n) is 13.5. The highest BCUT2D eigenvalue weighted by molar-refractivity contribution is 6.30. The number of hydrogen-bond acceptors (Lipinski definition) is 5. The smallest absolute Gasteiger partial charge is 0.159 e. The molecule has 1 aliphatic rings. The van der Waals surface area contributed by atoms with Crippen molar-refractivity contribution in [1.82, 2.24) is 9.97 Å². The van der Waals surface area contributed by atoms with Gasteiger partial charge in [-0.1, -0.05) is 11.6 Å². The summed E-state index contributed by atoms with van der Waals surface area (Å²) in [5.41, 5.74) is 8.93. The number of nitrogen functional groups attached to an aromatic ring is 1. The van der Waals surface area contributed by atoms with Crippen molar-refractivity contribution in [3.05, 3.63) is 35.1 Å². The first-order valence-corrected chi connectivity index (χ1v) is 8.34. The van der Waals surface area contributed by atoms with E-state index in [1.807, 2.05) is 25.1 Å². The van der Waals surface area contributed by atoms with E-state index < -0.39 is 0 Å². The number of nitrogens with one attached hydrogen (secondary N) is 1. The quantitative estimate of drug-likeness (QED) is 0.884. The molecule has 3 N–H and O–H groups in total. The van der Waals surface area contributed by atoms with E-state index in [0.717, 1.165) is 23.6 Å². The fourth-order valence-electron chi connectivity index (χ4n) is 3.02. The van der Waals surface area contributed by atoms with Crippen molar-refractivity contribution in [2.75, 3.05) is 22.5 Å². The van der Waals surface area contributed by atoms with Gasteiger partial charge < -0.3 is 16.0 Å². The zero-order chi connectivity index (χ0) is 16.4. The lowest BCUT2D eigenvalue weighted by Crippen LogP contribution is -2.38. The second-order valence-corrected chi connectivity index (χ2v) is 6.52. The van der Waals surface area contributed by atoms with Crippen molar-refractivity contribution in [2.24, 2.45) is 0 Å². The molecule has 1 saturated heterocycles. The Hall–Kier alpha value is -2.01.